The zero-order chi connectivity index (χ0) is 61.0. The first-order chi connectivity index (χ1) is 40.3. The molecule has 0 N–H and O–H groups in total. The second-order valence-electron chi connectivity index (χ2n) is 27.5. The fourth-order valence-electron chi connectivity index (χ4n) is 11.5. The van der Waals surface area contributed by atoms with Gasteiger partial charge in [-0.2, -0.15) is 0 Å². The van der Waals surface area contributed by atoms with Gasteiger partial charge < -0.3 is 9.13 Å². The first-order valence-corrected chi connectivity index (χ1v) is 30.4. The highest BCUT2D eigenvalue weighted by Crippen LogP contribution is 2.37. The normalized spacial score (nSPS) is 11.8. The largest absolute Gasteiger partial charge is 0.344 e. The van der Waals surface area contributed by atoms with E-state index in [1.54, 1.807) is 0 Å². The van der Waals surface area contributed by atoms with Crippen LogP contribution >= 0.6 is 0 Å². The lowest BCUT2D eigenvalue weighted by atomic mass is 9.80. The maximum absolute atomic E-state index is 2.38. The molecule has 0 amide bonds. The smallest absolute Gasteiger partial charge is 0.0488 e. The summed E-state index contributed by atoms with van der Waals surface area (Å²) in [6.07, 6.45) is 0. The summed E-state index contributed by atoms with van der Waals surface area (Å²) < 4.78 is 4.55. The van der Waals surface area contributed by atoms with Gasteiger partial charge in [0.25, 0.3) is 0 Å². The van der Waals surface area contributed by atoms with Crippen molar-refractivity contribution in [3.05, 3.63) is 276 Å². The third-order valence-electron chi connectivity index (χ3n) is 16.7. The average Bonchev–Trinajstić information content (AvgIpc) is 3.37. The van der Waals surface area contributed by atoms with Crippen molar-refractivity contribution in [2.45, 2.75) is 126 Å². The van der Waals surface area contributed by atoms with Crippen LogP contribution in [0.1, 0.15) is 122 Å². The third kappa shape index (κ3) is 14.2. The fraction of sp³-hybridized carbons (Fsp3) is 0.253. The van der Waals surface area contributed by atoms with Gasteiger partial charge in [0.15, 0.2) is 0 Å². The maximum Gasteiger partial charge on any atom is 0.0488 e. The standard InChI is InChI=1S/C21H27N.C19H16.C15H12.C15H24.C13H11N/c1-20(2,3)14-8-10-18-16(12-14)17-13-15(21(4,5)6)9-11-19(17)22(18)7;1-15-12-18(16-8-4-2-5-9-16)14-19(13-15)17-10-6-3-7-11-17;1-11-14-8-4-2-6-12(14)10-13-7-3-5-9-15(11)13;1-11-8-12(14(2,3)4)10-13(9-11)15(5,6)7;1-14-12-8-4-2-6-10(12)11-7-3-5-9-13(11)14/h8-13H,1-7H3;2-14H,1H3;2-10H,1H3;8-10H,1-7H3;2-9H,1H3. The molecule has 2 aromatic heterocycles. The van der Waals surface area contributed by atoms with E-state index in [0.717, 1.165) is 0 Å². The van der Waals surface area contributed by atoms with Crippen LogP contribution in [0.25, 0.3) is 87.4 Å². The minimum atomic E-state index is 0.179. The number of hydrogen-bond acceptors (Lipinski definition) is 0. The van der Waals surface area contributed by atoms with Crippen LogP contribution in [0.4, 0.5) is 0 Å². The molecule has 0 aliphatic heterocycles. The highest BCUT2D eigenvalue weighted by atomic mass is 14.9. The van der Waals surface area contributed by atoms with Gasteiger partial charge in [0, 0.05) is 57.7 Å². The van der Waals surface area contributed by atoms with Crippen molar-refractivity contribution >= 4 is 65.2 Å². The summed E-state index contributed by atoms with van der Waals surface area (Å²) in [5, 5.41) is 10.8. The molecule has 0 atom stereocenters. The summed E-state index contributed by atoms with van der Waals surface area (Å²) in [4.78, 5) is 0. The van der Waals surface area contributed by atoms with E-state index in [1.165, 1.54) is 126 Å². The molecule has 2 heterocycles. The van der Waals surface area contributed by atoms with E-state index in [9.17, 15) is 0 Å². The Hall–Kier alpha value is -8.46. The Labute approximate surface area is 508 Å². The molecule has 0 unspecified atom stereocenters. The minimum Gasteiger partial charge on any atom is -0.344 e. The van der Waals surface area contributed by atoms with Crippen LogP contribution in [0.2, 0.25) is 0 Å². The number of benzene rings is 11. The van der Waals surface area contributed by atoms with Crippen LogP contribution < -0.4 is 0 Å². The quantitative estimate of drug-likeness (QED) is 0.153. The zero-order valence-corrected chi connectivity index (χ0v) is 53.9. The van der Waals surface area contributed by atoms with E-state index in [0.29, 0.717) is 0 Å². The number of para-hydroxylation sites is 2. The predicted octanol–water partition coefficient (Wildman–Crippen LogP) is 23.5. The van der Waals surface area contributed by atoms with Crippen LogP contribution in [-0.4, -0.2) is 9.13 Å². The van der Waals surface area contributed by atoms with Crippen molar-refractivity contribution in [2.24, 2.45) is 14.1 Å². The molecule has 2 nitrogen and oxygen atoms in total. The second kappa shape index (κ2) is 25.0. The number of nitrogens with zero attached hydrogens (tertiary/aromatic N) is 2. The van der Waals surface area contributed by atoms with Crippen molar-refractivity contribution in [1.29, 1.82) is 0 Å². The Balaban J connectivity index is 0.000000128. The molecule has 0 aliphatic carbocycles. The Kier molecular flexibility index (Phi) is 18.0. The first-order valence-electron chi connectivity index (χ1n) is 30.4. The minimum absolute atomic E-state index is 0.179. The van der Waals surface area contributed by atoms with Crippen molar-refractivity contribution in [3.63, 3.8) is 0 Å². The molecule has 2 heteroatoms. The SMILES string of the molecule is Cc1c2ccccc2cc2ccccc12.Cc1cc(-c2ccccc2)cc(-c2ccccc2)c1.Cc1cc(C(C)(C)C)cc(C(C)(C)C)c1.Cn1c2ccc(C(C)(C)C)cc2c2cc(C(C)(C)C)ccc21.Cn1c2ccccc2c2ccccc21. The molecule has 0 aliphatic rings. The monoisotopic (exact) mass is 1110 g/mol. The van der Waals surface area contributed by atoms with Crippen LogP contribution in [0.3, 0.4) is 0 Å². The molecule has 0 saturated carbocycles. The molecule has 85 heavy (non-hydrogen) atoms. The van der Waals surface area contributed by atoms with Gasteiger partial charge in [-0.3, -0.25) is 0 Å². The van der Waals surface area contributed by atoms with E-state index >= 15 is 0 Å². The Morgan fingerprint density at radius 3 is 0.929 bits per heavy atom. The molecule has 0 bridgehead atoms. The van der Waals surface area contributed by atoms with Gasteiger partial charge in [-0.05, 0) is 168 Å². The number of fused-ring (bicyclic) bond motifs is 8. The van der Waals surface area contributed by atoms with Crippen molar-refractivity contribution < 1.29 is 0 Å². The summed E-state index contributed by atoms with van der Waals surface area (Å²) in [5.74, 6) is 0. The zero-order valence-electron chi connectivity index (χ0n) is 53.9. The Morgan fingerprint density at radius 2 is 0.553 bits per heavy atom. The van der Waals surface area contributed by atoms with Gasteiger partial charge in [0.2, 0.25) is 0 Å². The molecule has 0 saturated heterocycles. The molecule has 0 spiro atoms. The molecule has 13 rings (SSSR count). The molecule has 0 radical (unpaired) electrons. The number of aromatic nitrogens is 2. The van der Waals surface area contributed by atoms with Crippen LogP contribution in [-0.2, 0) is 35.8 Å². The lowest BCUT2D eigenvalue weighted by molar-refractivity contribution is 0.567. The summed E-state index contributed by atoms with van der Waals surface area (Å²) in [6, 6.07) is 85.0. The third-order valence-corrected chi connectivity index (χ3v) is 16.7. The predicted molar refractivity (Wildman–Crippen MR) is 375 cm³/mol. The molecule has 0 fully saturated rings. The Bertz CT molecular complexity index is 4150. The van der Waals surface area contributed by atoms with Gasteiger partial charge in [-0.25, -0.2) is 0 Å². The second-order valence-corrected chi connectivity index (χ2v) is 27.5. The molecule has 432 valence electrons. The summed E-state index contributed by atoms with van der Waals surface area (Å²) in [6.45, 7) is 33.8. The van der Waals surface area contributed by atoms with Crippen LogP contribution in [0.15, 0.2) is 237 Å². The van der Waals surface area contributed by atoms with Crippen molar-refractivity contribution in [1.82, 2.24) is 9.13 Å². The van der Waals surface area contributed by atoms with E-state index in [2.05, 4.69) is 364 Å². The van der Waals surface area contributed by atoms with Gasteiger partial charge in [0.05, 0.1) is 0 Å². The topological polar surface area (TPSA) is 9.86 Å². The van der Waals surface area contributed by atoms with E-state index in [4.69, 9.17) is 0 Å². The number of rotatable bonds is 2. The molecule has 13 aromatic rings. The summed E-state index contributed by atoms with van der Waals surface area (Å²) in [5.41, 5.74) is 20.9. The molecule has 11 aromatic carbocycles. The van der Waals surface area contributed by atoms with Gasteiger partial charge in [-0.1, -0.05) is 277 Å². The fourth-order valence-corrected chi connectivity index (χ4v) is 11.5. The van der Waals surface area contributed by atoms with E-state index < -0.39 is 0 Å². The van der Waals surface area contributed by atoms with Gasteiger partial charge in [0.1, 0.15) is 0 Å². The summed E-state index contributed by atoms with van der Waals surface area (Å²) in [7, 11) is 4.28. The maximum atomic E-state index is 2.38. The first kappa shape index (κ1) is 61.1. The van der Waals surface area contributed by atoms with Crippen LogP contribution in [0, 0.1) is 20.8 Å². The van der Waals surface area contributed by atoms with Crippen LogP contribution in [0.5, 0.6) is 0 Å². The van der Waals surface area contributed by atoms with E-state index in [-0.39, 0.29) is 21.7 Å². The highest BCUT2D eigenvalue weighted by Gasteiger charge is 2.21. The Morgan fingerprint density at radius 1 is 0.235 bits per heavy atom. The molecular weight excluding hydrogens is 1020 g/mol. The van der Waals surface area contributed by atoms with E-state index in [1.807, 2.05) is 0 Å². The molecular formula is C83H90N2. The lowest BCUT2D eigenvalue weighted by Crippen LogP contribution is -2.16. The average molecular weight is 1120 g/mol. The van der Waals surface area contributed by atoms with Gasteiger partial charge >= 0.3 is 0 Å². The number of aryl methyl sites for hydroxylation is 5. The number of hydrogen-bond donors (Lipinski definition) is 0. The van der Waals surface area contributed by atoms with Gasteiger partial charge in [-0.15, -0.1) is 0 Å². The van der Waals surface area contributed by atoms with Crippen molar-refractivity contribution in [2.75, 3.05) is 0 Å². The van der Waals surface area contributed by atoms with Crippen molar-refractivity contribution in [3.8, 4) is 22.3 Å². The highest BCUT2D eigenvalue weighted by molar-refractivity contribution is 6.09. The summed E-state index contributed by atoms with van der Waals surface area (Å²) >= 11 is 0. The lowest BCUT2D eigenvalue weighted by Gasteiger charge is -2.25.